The Morgan fingerprint density at radius 1 is 1.37 bits per heavy atom. The van der Waals surface area contributed by atoms with Crippen molar-refractivity contribution in [3.05, 3.63) is 33.3 Å². The molecule has 19 heavy (non-hydrogen) atoms. The van der Waals surface area contributed by atoms with Crippen molar-refractivity contribution in [1.82, 2.24) is 4.90 Å². The molecule has 0 aromatic heterocycles. The lowest BCUT2D eigenvalue weighted by Crippen LogP contribution is -2.32. The van der Waals surface area contributed by atoms with Crippen LogP contribution in [0.15, 0.2) is 22.7 Å². The van der Waals surface area contributed by atoms with Crippen molar-refractivity contribution < 1.29 is 4.79 Å². The topological polar surface area (TPSA) is 20.3 Å². The summed E-state index contributed by atoms with van der Waals surface area (Å²) >= 11 is 9.49. The molecule has 1 aliphatic rings. The lowest BCUT2D eigenvalue weighted by Gasteiger charge is -2.27. The molecule has 2 rings (SSSR count). The molecule has 0 saturated heterocycles. The summed E-state index contributed by atoms with van der Waals surface area (Å²) in [6.07, 6.45) is 6.41. The van der Waals surface area contributed by atoms with E-state index in [1.54, 1.807) is 12.1 Å². The number of nitrogens with zero attached hydrogens (tertiary/aromatic N) is 1. The maximum atomic E-state index is 12.4. The maximum absolute atomic E-state index is 12.4. The zero-order valence-electron chi connectivity index (χ0n) is 11.2. The van der Waals surface area contributed by atoms with Gasteiger partial charge >= 0.3 is 0 Å². The van der Waals surface area contributed by atoms with Crippen LogP contribution < -0.4 is 0 Å². The minimum atomic E-state index is 0.0110. The van der Waals surface area contributed by atoms with E-state index in [0.29, 0.717) is 16.5 Å². The molecule has 0 unspecified atom stereocenters. The van der Waals surface area contributed by atoms with E-state index in [1.807, 2.05) is 18.0 Å². The average molecular weight is 345 g/mol. The summed E-state index contributed by atoms with van der Waals surface area (Å²) in [5.41, 5.74) is 0.578. The van der Waals surface area contributed by atoms with Gasteiger partial charge in [0.05, 0.1) is 10.6 Å². The fourth-order valence-electron chi connectivity index (χ4n) is 2.71. The highest BCUT2D eigenvalue weighted by Gasteiger charge is 2.20. The van der Waals surface area contributed by atoms with Gasteiger partial charge in [-0.05, 0) is 37.0 Å². The predicted molar refractivity (Wildman–Crippen MR) is 82.7 cm³/mol. The lowest BCUT2D eigenvalue weighted by atomic mass is 9.89. The van der Waals surface area contributed by atoms with Crippen molar-refractivity contribution in [2.24, 2.45) is 5.92 Å². The molecular formula is C15H19BrClNO. The third-order valence-electron chi connectivity index (χ3n) is 3.76. The van der Waals surface area contributed by atoms with Gasteiger partial charge in [-0.15, -0.1) is 0 Å². The summed E-state index contributed by atoms with van der Waals surface area (Å²) in [5.74, 6) is 0.658. The van der Waals surface area contributed by atoms with Gasteiger partial charge in [-0.3, -0.25) is 4.79 Å². The smallest absolute Gasteiger partial charge is 0.255 e. The Morgan fingerprint density at radius 2 is 2.05 bits per heavy atom. The van der Waals surface area contributed by atoms with Gasteiger partial charge in [0.1, 0.15) is 0 Å². The van der Waals surface area contributed by atoms with Gasteiger partial charge in [0.2, 0.25) is 0 Å². The summed E-state index contributed by atoms with van der Waals surface area (Å²) in [4.78, 5) is 14.2. The number of hydrogen-bond donors (Lipinski definition) is 0. The first kappa shape index (κ1) is 14.9. The molecule has 0 radical (unpaired) electrons. The van der Waals surface area contributed by atoms with Crippen LogP contribution in [-0.4, -0.2) is 24.4 Å². The third-order valence-corrected chi connectivity index (χ3v) is 4.59. The Bertz CT molecular complexity index is 457. The molecule has 1 fully saturated rings. The minimum Gasteiger partial charge on any atom is -0.341 e. The molecular weight excluding hydrogens is 326 g/mol. The van der Waals surface area contributed by atoms with Crippen molar-refractivity contribution in [1.29, 1.82) is 0 Å². The van der Waals surface area contributed by atoms with Gasteiger partial charge in [-0.1, -0.05) is 46.8 Å². The van der Waals surface area contributed by atoms with Crippen LogP contribution in [0, 0.1) is 5.92 Å². The average Bonchev–Trinajstić information content (AvgIpc) is 2.42. The first-order chi connectivity index (χ1) is 9.08. The summed E-state index contributed by atoms with van der Waals surface area (Å²) in [6, 6.07) is 5.40. The minimum absolute atomic E-state index is 0.0110. The van der Waals surface area contributed by atoms with Gasteiger partial charge in [0.15, 0.2) is 0 Å². The molecule has 0 spiro atoms. The Morgan fingerprint density at radius 3 is 2.74 bits per heavy atom. The second kappa shape index (κ2) is 6.76. The van der Waals surface area contributed by atoms with Crippen molar-refractivity contribution in [2.45, 2.75) is 32.1 Å². The van der Waals surface area contributed by atoms with E-state index in [1.165, 1.54) is 32.1 Å². The molecule has 1 amide bonds. The number of halogens is 2. The highest BCUT2D eigenvalue weighted by molar-refractivity contribution is 9.10. The van der Waals surface area contributed by atoms with Crippen molar-refractivity contribution in [3.63, 3.8) is 0 Å². The first-order valence-corrected chi connectivity index (χ1v) is 7.95. The van der Waals surface area contributed by atoms with Gasteiger partial charge in [0.25, 0.3) is 5.91 Å². The Labute approximate surface area is 128 Å². The van der Waals surface area contributed by atoms with Crippen molar-refractivity contribution in [3.8, 4) is 0 Å². The Kier molecular flexibility index (Phi) is 5.28. The largest absolute Gasteiger partial charge is 0.341 e. The lowest BCUT2D eigenvalue weighted by molar-refractivity contribution is 0.0760. The molecule has 0 N–H and O–H groups in total. The number of hydrogen-bond acceptors (Lipinski definition) is 1. The molecule has 104 valence electrons. The molecule has 0 heterocycles. The van der Waals surface area contributed by atoms with E-state index in [0.717, 1.165) is 11.0 Å². The molecule has 2 nitrogen and oxygen atoms in total. The van der Waals surface area contributed by atoms with E-state index >= 15 is 0 Å². The van der Waals surface area contributed by atoms with Crippen LogP contribution in [0.3, 0.4) is 0 Å². The highest BCUT2D eigenvalue weighted by atomic mass is 79.9. The Balaban J connectivity index is 2.03. The summed E-state index contributed by atoms with van der Waals surface area (Å²) in [6.45, 7) is 0.835. The maximum Gasteiger partial charge on any atom is 0.255 e. The van der Waals surface area contributed by atoms with Gasteiger partial charge in [-0.25, -0.2) is 0 Å². The number of benzene rings is 1. The highest BCUT2D eigenvalue weighted by Crippen LogP contribution is 2.26. The summed E-state index contributed by atoms with van der Waals surface area (Å²) in [5, 5.41) is 0.517. The van der Waals surface area contributed by atoms with Crippen LogP contribution in [0.25, 0.3) is 0 Å². The van der Waals surface area contributed by atoms with Gasteiger partial charge in [-0.2, -0.15) is 0 Å². The quantitative estimate of drug-likeness (QED) is 0.774. The van der Waals surface area contributed by atoms with Gasteiger partial charge in [0, 0.05) is 18.1 Å². The molecule has 1 aliphatic carbocycles. The molecule has 1 aromatic carbocycles. The monoisotopic (exact) mass is 343 g/mol. The second-order valence-electron chi connectivity index (χ2n) is 5.31. The summed E-state index contributed by atoms with van der Waals surface area (Å²) < 4.78 is 0.881. The predicted octanol–water partition coefficient (Wildman–Crippen LogP) is 4.75. The molecule has 0 atom stereocenters. The standard InChI is InChI=1S/C15H19BrClNO/c1-18(10-11-5-3-2-4-6-11)15(19)13-9-12(16)7-8-14(13)17/h7-9,11H,2-6,10H2,1H3. The fraction of sp³-hybridized carbons (Fsp3) is 0.533. The fourth-order valence-corrected chi connectivity index (χ4v) is 3.27. The normalized spacial score (nSPS) is 16.4. The van der Waals surface area contributed by atoms with E-state index in [-0.39, 0.29) is 5.91 Å². The van der Waals surface area contributed by atoms with Crippen LogP contribution >= 0.6 is 27.5 Å². The van der Waals surface area contributed by atoms with Crippen LogP contribution in [0.5, 0.6) is 0 Å². The SMILES string of the molecule is CN(CC1CCCCC1)C(=O)c1cc(Br)ccc1Cl. The van der Waals surface area contributed by atoms with E-state index in [9.17, 15) is 4.79 Å². The molecule has 0 aliphatic heterocycles. The zero-order chi connectivity index (χ0) is 13.8. The number of carbonyl (C=O) groups is 1. The second-order valence-corrected chi connectivity index (χ2v) is 6.64. The summed E-state index contributed by atoms with van der Waals surface area (Å²) in [7, 11) is 1.87. The Hall–Kier alpha value is -0.540. The third kappa shape index (κ3) is 3.96. The van der Waals surface area contributed by atoms with Crippen molar-refractivity contribution in [2.75, 3.05) is 13.6 Å². The van der Waals surface area contributed by atoms with Crippen LogP contribution in [0.4, 0.5) is 0 Å². The van der Waals surface area contributed by atoms with E-state index in [4.69, 9.17) is 11.6 Å². The molecule has 1 saturated carbocycles. The molecule has 0 bridgehead atoms. The van der Waals surface area contributed by atoms with Crippen molar-refractivity contribution >= 4 is 33.4 Å². The molecule has 4 heteroatoms. The van der Waals surface area contributed by atoms with Crippen LogP contribution in [0.2, 0.25) is 5.02 Å². The number of carbonyl (C=O) groups excluding carboxylic acids is 1. The van der Waals surface area contributed by atoms with Crippen LogP contribution in [-0.2, 0) is 0 Å². The first-order valence-electron chi connectivity index (χ1n) is 6.78. The van der Waals surface area contributed by atoms with E-state index in [2.05, 4.69) is 15.9 Å². The zero-order valence-corrected chi connectivity index (χ0v) is 13.5. The van der Waals surface area contributed by atoms with Gasteiger partial charge < -0.3 is 4.90 Å². The van der Waals surface area contributed by atoms with Crippen LogP contribution in [0.1, 0.15) is 42.5 Å². The van der Waals surface area contributed by atoms with E-state index < -0.39 is 0 Å². The number of amides is 1. The number of rotatable bonds is 3. The molecule has 1 aromatic rings.